The first kappa shape index (κ1) is 110. The number of carbonyl (C=O) groups excluding carboxylic acids is 8. The van der Waals surface area contributed by atoms with Gasteiger partial charge < -0.3 is 87.4 Å². The number of amides is 7. The molecule has 0 aliphatic carbocycles. The van der Waals surface area contributed by atoms with Gasteiger partial charge in [-0.25, -0.2) is 26.8 Å². The van der Waals surface area contributed by atoms with E-state index >= 15 is 0 Å². The van der Waals surface area contributed by atoms with Gasteiger partial charge in [-0.3, -0.25) is 91.3 Å². The van der Waals surface area contributed by atoms with Gasteiger partial charge in [0.15, 0.2) is 11.9 Å². The number of rotatable bonds is 48. The molecule has 1 aliphatic rings. The number of Topliss-reactive ketones (excluding diaryl/α,β-unsaturated/α-hetero) is 1. The van der Waals surface area contributed by atoms with E-state index in [1.807, 2.05) is 0 Å². The van der Waals surface area contributed by atoms with Gasteiger partial charge in [0.05, 0.1) is 53.0 Å². The van der Waals surface area contributed by atoms with Crippen molar-refractivity contribution >= 4 is 135 Å². The van der Waals surface area contributed by atoms with E-state index in [2.05, 4.69) is 77.2 Å². The minimum Gasteiger partial charge on any atom is -0.480 e. The molecule has 137 heavy (non-hydrogen) atoms. The van der Waals surface area contributed by atoms with Crippen LogP contribution in [0.4, 0.5) is 11.9 Å². The number of carbonyl (C=O) groups is 12. The number of hydrogen-bond acceptors (Lipinski definition) is 28. The fourth-order valence-electron chi connectivity index (χ4n) is 15.8. The summed E-state index contributed by atoms with van der Waals surface area (Å²) in [6.45, 7) is 8.45. The number of fused-ring (bicyclic) bond motifs is 2. The van der Waals surface area contributed by atoms with Crippen molar-refractivity contribution in [1.82, 2.24) is 95.3 Å². The summed E-state index contributed by atoms with van der Waals surface area (Å²) in [7, 11) is -14.1. The van der Waals surface area contributed by atoms with Crippen molar-refractivity contribution in [3.8, 4) is 0 Å². The second-order valence-corrected chi connectivity index (χ2v) is 38.0. The average Bonchev–Trinajstić information content (AvgIpc) is 0.874. The number of aromatic amines is 2. The van der Waals surface area contributed by atoms with Crippen molar-refractivity contribution in [1.29, 1.82) is 0 Å². The molecule has 1 aliphatic heterocycles. The molecule has 739 valence electrons. The first-order valence-electron chi connectivity index (χ1n) is 43.5. The Balaban J connectivity index is 0.0000230. The molecule has 46 nitrogen and oxygen atoms in total. The predicted molar refractivity (Wildman–Crippen MR) is 496 cm³/mol. The maximum atomic E-state index is 14.9. The van der Waals surface area contributed by atoms with Crippen LogP contribution >= 0.6 is 0 Å². The normalized spacial score (nSPS) is 14.5. The van der Waals surface area contributed by atoms with E-state index in [1.54, 1.807) is 114 Å². The second-order valence-electron chi connectivity index (χ2n) is 33.2. The average molecular weight is 2040 g/mol. The van der Waals surface area contributed by atoms with E-state index in [0.29, 0.717) is 50.8 Å². The molecule has 1 fully saturated rings. The Morgan fingerprint density at radius 1 is 0.474 bits per heavy atom. The van der Waals surface area contributed by atoms with E-state index < -0.39 is 211 Å². The van der Waals surface area contributed by atoms with Crippen LogP contribution < -0.4 is 68.2 Å². The Hall–Kier alpha value is -12.2. The van der Waals surface area contributed by atoms with Crippen molar-refractivity contribution in [2.75, 3.05) is 121 Å². The number of aliphatic carboxylic acids is 4. The third kappa shape index (κ3) is 33.0. The van der Waals surface area contributed by atoms with Crippen LogP contribution in [-0.2, 0) is 137 Å². The van der Waals surface area contributed by atoms with Crippen LogP contribution in [-0.4, -0.2) is 311 Å². The molecule has 0 saturated carbocycles. The standard InChI is InChI=1S/C87H115N21O25S3.Y/c1-9-64(82(122)88-18-10-24-107-45-63(77(119)61-15-13-59(39-70(61)107)41-97-87-92-22-23-93-87)81(121)95-43-67(85(125)126)102-136(132,133)79-55(6)36-52(3)37-56(79)7)98-71(110)17-16-65(99-72(111)46-103-26-28-104(47-73(112)113)30-32-106(49-75(116)117)33-31-105(29-27-103)48-74(114)115)84(124)100-68(50-134(127,128)129)83(123)89-19-11-25-108-44-62(76(118)60-14-12-58(38-69(60)108)40-96-86-90-20-21-91-86)80(120)94-42-66(57(8)109)101-135(130,131)78-53(4)34-51(2)35-54(78)5;/h12-15,20-23,34-39,44-45,64-68,101-102H,9-11,16-19,24-33,40-43,46-50H2,1-8H3,(H,88,122)(H,89,123)(H,94,120)(H,95,121)(H,98,110)(H,99,111)(H,100,124)(H,112,113)(H,114,115)(H,116,117)(H,125,126)(H2,90,91,96)(H2,92,93,97)(H,127,128,129);/t64-,65-,66?,67?,68-;/m0./s1. The third-order valence-electron chi connectivity index (χ3n) is 22.3. The molecular formula is C87H115N21O25S3Y. The van der Waals surface area contributed by atoms with Crippen molar-refractivity contribution in [2.45, 2.75) is 154 Å². The van der Waals surface area contributed by atoms with Crippen molar-refractivity contribution in [3.05, 3.63) is 174 Å². The number of nitrogens with zero attached hydrogens (tertiary/aromatic N) is 8. The summed E-state index contributed by atoms with van der Waals surface area (Å²) in [5.74, 6) is -13.8. The van der Waals surface area contributed by atoms with E-state index in [4.69, 9.17) is 0 Å². The molecule has 4 aromatic carbocycles. The van der Waals surface area contributed by atoms with Gasteiger partial charge in [-0.05, 0) is 132 Å². The Morgan fingerprint density at radius 3 is 1.23 bits per heavy atom. The minimum absolute atomic E-state index is 0. The van der Waals surface area contributed by atoms with Crippen LogP contribution in [0.5, 0.6) is 0 Å². The first-order chi connectivity index (χ1) is 64.2. The number of H-pyrrole nitrogens is 2. The molecule has 5 heterocycles. The van der Waals surface area contributed by atoms with Gasteiger partial charge in [0, 0.05) is 192 Å². The number of carboxylic acid groups (broad SMARTS) is 4. The van der Waals surface area contributed by atoms with Crippen LogP contribution in [0, 0.1) is 41.5 Å². The molecule has 7 amide bonds. The van der Waals surface area contributed by atoms with Crippen LogP contribution in [0.3, 0.4) is 0 Å². The fourth-order valence-corrected chi connectivity index (χ4v) is 19.8. The first-order valence-corrected chi connectivity index (χ1v) is 48.1. The van der Waals surface area contributed by atoms with E-state index in [0.717, 1.165) is 18.1 Å². The molecule has 4 aromatic heterocycles. The summed E-state index contributed by atoms with van der Waals surface area (Å²) >= 11 is 0. The monoisotopic (exact) mass is 2040 g/mol. The Bertz CT molecular complexity index is 6170. The van der Waals surface area contributed by atoms with Crippen LogP contribution in [0.2, 0.25) is 0 Å². The van der Waals surface area contributed by atoms with Gasteiger partial charge in [0.1, 0.15) is 46.8 Å². The number of benzene rings is 4. The Morgan fingerprint density at radius 2 is 0.861 bits per heavy atom. The number of pyridine rings is 2. The topological polar surface area (TPSA) is 655 Å². The number of sulfonamides is 2. The number of carboxylic acids is 4. The van der Waals surface area contributed by atoms with Gasteiger partial charge in [0.2, 0.25) is 60.4 Å². The summed E-state index contributed by atoms with van der Waals surface area (Å²) < 4.78 is 98.6. The number of hydrogen-bond donors (Lipinski definition) is 18. The SMILES string of the molecule is CC[C@H](NC(=O)CC[C@H](NC(=O)CN1CCN(CC(=O)O)CCN(CC(=O)O)CCN(CC(=O)O)CC1)C(=O)N[C@@H](CS(=O)(=O)O)C(=O)NCCCn1cc(C(=O)NCC(NS(=O)(=O)c2c(C)cc(C)cc2C)C(C)=O)c(=O)c2ccc(CNc3ncc[nH]3)cc21)C(=O)NCCCn1cc(C(=O)NCC(NS(=O)(=O)c2c(C)cc(C)cc2C)C(=O)O)c(=O)c2ccc(CNc3ncc[nH]3)cc21.[Y]. The Kier molecular flexibility index (Phi) is 40.8. The van der Waals surface area contributed by atoms with Crippen molar-refractivity contribution < 1.29 is 140 Å². The molecule has 0 bridgehead atoms. The number of anilines is 2. The molecule has 5 atom stereocenters. The predicted octanol–water partition coefficient (Wildman–Crippen LogP) is -0.617. The number of imidazole rings is 2. The third-order valence-corrected chi connectivity index (χ3v) is 26.6. The minimum atomic E-state index is -5.21. The van der Waals surface area contributed by atoms with Gasteiger partial charge in [-0.1, -0.05) is 54.4 Å². The molecule has 1 radical (unpaired) electrons. The van der Waals surface area contributed by atoms with Crippen LogP contribution in [0.15, 0.2) is 117 Å². The summed E-state index contributed by atoms with van der Waals surface area (Å²) in [5.41, 5.74) is 2.41. The molecular weight excluding hydrogens is 1920 g/mol. The molecule has 2 unspecified atom stereocenters. The smallest absolute Gasteiger partial charge is 0.323 e. The second kappa shape index (κ2) is 50.8. The molecule has 18 N–H and O–H groups in total. The number of aryl methyl sites for hydroxylation is 8. The van der Waals surface area contributed by atoms with E-state index in [9.17, 15) is 117 Å². The zero-order valence-electron chi connectivity index (χ0n) is 76.8. The van der Waals surface area contributed by atoms with E-state index in [-0.39, 0.29) is 170 Å². The largest absolute Gasteiger partial charge is 0.480 e. The molecule has 50 heteroatoms. The maximum absolute atomic E-state index is 14.9. The maximum Gasteiger partial charge on any atom is 0.323 e. The number of ketones is 1. The van der Waals surface area contributed by atoms with E-state index in [1.165, 1.54) is 61.1 Å². The Labute approximate surface area is 813 Å². The van der Waals surface area contributed by atoms with Crippen LogP contribution in [0.25, 0.3) is 21.8 Å². The summed E-state index contributed by atoms with van der Waals surface area (Å²) in [6.07, 6.45) is 7.23. The zero-order valence-corrected chi connectivity index (χ0v) is 82.1. The molecule has 9 rings (SSSR count). The van der Waals surface area contributed by atoms with Gasteiger partial charge in [-0.15, -0.1) is 0 Å². The van der Waals surface area contributed by atoms with Gasteiger partial charge >= 0.3 is 23.9 Å². The van der Waals surface area contributed by atoms with Crippen LogP contribution in [0.1, 0.15) is 111 Å². The quantitative estimate of drug-likeness (QED) is 0.0167. The zero-order chi connectivity index (χ0) is 99.6. The van der Waals surface area contributed by atoms with Gasteiger partial charge in [0.25, 0.3) is 21.9 Å². The molecule has 8 aromatic rings. The van der Waals surface area contributed by atoms with Crippen molar-refractivity contribution in [2.24, 2.45) is 0 Å². The molecule has 1 saturated heterocycles. The van der Waals surface area contributed by atoms with Gasteiger partial charge in [-0.2, -0.15) is 17.9 Å². The fraction of sp³-hybridized carbons (Fsp3) is 0.448. The summed E-state index contributed by atoms with van der Waals surface area (Å²) in [4.78, 5) is 211. The summed E-state index contributed by atoms with van der Waals surface area (Å²) in [6, 6.07) is 7.24. The molecule has 0 spiro atoms. The summed E-state index contributed by atoms with van der Waals surface area (Å²) in [5, 5.41) is 63.5. The van der Waals surface area contributed by atoms with Crippen molar-refractivity contribution in [3.63, 3.8) is 0 Å². The number of nitrogens with one attached hydrogen (secondary N) is 13. The number of aromatic nitrogens is 6.